The van der Waals surface area contributed by atoms with Crippen molar-refractivity contribution in [2.24, 2.45) is 0 Å². The maximum absolute atomic E-state index is 12.3. The topological polar surface area (TPSA) is 62.0 Å². The van der Waals surface area contributed by atoms with Crippen molar-refractivity contribution in [3.8, 4) is 0 Å². The van der Waals surface area contributed by atoms with Gasteiger partial charge in [-0.3, -0.25) is 0 Å². The minimum absolute atomic E-state index is 0.293. The summed E-state index contributed by atoms with van der Waals surface area (Å²) in [6.45, 7) is 2.27. The lowest BCUT2D eigenvalue weighted by molar-refractivity contribution is 0.581. The van der Waals surface area contributed by atoms with Crippen LogP contribution in [0.3, 0.4) is 0 Å². The van der Waals surface area contributed by atoms with Gasteiger partial charge >= 0.3 is 0 Å². The second kappa shape index (κ2) is 6.47. The number of halogens is 1. The Bertz CT molecular complexity index is 931. The monoisotopic (exact) mass is 392 g/mol. The molecule has 3 rings (SSSR count). The summed E-state index contributed by atoms with van der Waals surface area (Å²) in [5, 5.41) is 1.11. The van der Waals surface area contributed by atoms with Crippen LogP contribution in [0.2, 0.25) is 0 Å². The number of sulfonamides is 1. The molecular weight excluding hydrogens is 376 g/mol. The minimum Gasteiger partial charge on any atom is -0.349 e. The lowest BCUT2D eigenvalue weighted by atomic mass is 10.1. The molecule has 0 spiro atoms. The fourth-order valence-corrected chi connectivity index (χ4v) is 4.18. The zero-order valence-corrected chi connectivity index (χ0v) is 15.0. The van der Waals surface area contributed by atoms with E-state index in [0.717, 1.165) is 26.6 Å². The molecule has 1 aromatic heterocycles. The second-order valence-electron chi connectivity index (χ2n) is 5.42. The smallest absolute Gasteiger partial charge is 0.240 e. The summed E-state index contributed by atoms with van der Waals surface area (Å²) in [7, 11) is -3.47. The van der Waals surface area contributed by atoms with Gasteiger partial charge < -0.3 is 4.98 Å². The van der Waals surface area contributed by atoms with Crippen molar-refractivity contribution < 1.29 is 8.42 Å². The van der Waals surface area contributed by atoms with Crippen molar-refractivity contribution in [2.75, 3.05) is 6.54 Å². The Morgan fingerprint density at radius 1 is 1.09 bits per heavy atom. The first-order valence-electron chi connectivity index (χ1n) is 7.29. The Morgan fingerprint density at radius 3 is 2.52 bits per heavy atom. The highest BCUT2D eigenvalue weighted by molar-refractivity contribution is 9.10. The molecule has 0 aliphatic rings. The fraction of sp³-hybridized carbons (Fsp3) is 0.176. The van der Waals surface area contributed by atoms with Crippen molar-refractivity contribution in [1.29, 1.82) is 0 Å². The highest BCUT2D eigenvalue weighted by atomic mass is 79.9. The first kappa shape index (κ1) is 16.2. The summed E-state index contributed by atoms with van der Waals surface area (Å²) in [5.74, 6) is 0. The van der Waals surface area contributed by atoms with Crippen molar-refractivity contribution >= 4 is 36.9 Å². The zero-order chi connectivity index (χ0) is 16.4. The molecule has 0 fully saturated rings. The van der Waals surface area contributed by atoms with Crippen LogP contribution in [0.4, 0.5) is 0 Å². The Labute approximate surface area is 144 Å². The van der Waals surface area contributed by atoms with Crippen LogP contribution in [0.25, 0.3) is 10.9 Å². The Hall–Kier alpha value is -1.63. The van der Waals surface area contributed by atoms with E-state index in [9.17, 15) is 8.42 Å². The largest absolute Gasteiger partial charge is 0.349 e. The van der Waals surface area contributed by atoms with Crippen LogP contribution in [0.15, 0.2) is 58.0 Å². The Morgan fingerprint density at radius 2 is 1.78 bits per heavy atom. The van der Waals surface area contributed by atoms with E-state index in [-0.39, 0.29) is 0 Å². The van der Waals surface area contributed by atoms with Crippen LogP contribution in [-0.4, -0.2) is 19.9 Å². The van der Waals surface area contributed by atoms with Gasteiger partial charge in [0.2, 0.25) is 10.0 Å². The summed E-state index contributed by atoms with van der Waals surface area (Å²) in [5.41, 5.74) is 3.15. The summed E-state index contributed by atoms with van der Waals surface area (Å²) in [4.78, 5) is 3.54. The van der Waals surface area contributed by atoms with E-state index in [4.69, 9.17) is 0 Å². The first-order chi connectivity index (χ1) is 11.0. The molecule has 2 aromatic carbocycles. The molecule has 0 bridgehead atoms. The second-order valence-corrected chi connectivity index (χ2v) is 7.98. The maximum atomic E-state index is 12.3. The van der Waals surface area contributed by atoms with Gasteiger partial charge in [0.1, 0.15) is 0 Å². The highest BCUT2D eigenvalue weighted by Crippen LogP contribution is 2.26. The van der Waals surface area contributed by atoms with Gasteiger partial charge in [0, 0.05) is 17.4 Å². The van der Waals surface area contributed by atoms with Crippen LogP contribution in [0.1, 0.15) is 11.1 Å². The lowest BCUT2D eigenvalue weighted by Gasteiger charge is -2.07. The number of aromatic nitrogens is 1. The predicted molar refractivity (Wildman–Crippen MR) is 96.1 cm³/mol. The van der Waals surface area contributed by atoms with Crippen LogP contribution in [-0.2, 0) is 16.4 Å². The molecule has 0 aliphatic carbocycles. The molecule has 1 heterocycles. The third-order valence-corrected chi connectivity index (χ3v) is 5.91. The molecule has 6 heteroatoms. The van der Waals surface area contributed by atoms with E-state index >= 15 is 0 Å². The molecule has 0 saturated carbocycles. The minimum atomic E-state index is -3.47. The van der Waals surface area contributed by atoms with E-state index in [1.54, 1.807) is 24.3 Å². The molecule has 0 amide bonds. The number of benzene rings is 2. The lowest BCUT2D eigenvalue weighted by Crippen LogP contribution is -2.26. The van der Waals surface area contributed by atoms with Gasteiger partial charge in [0.25, 0.3) is 0 Å². The van der Waals surface area contributed by atoms with Crippen molar-refractivity contribution in [3.05, 3.63) is 64.3 Å². The van der Waals surface area contributed by atoms with Crippen molar-refractivity contribution in [3.63, 3.8) is 0 Å². The quantitative estimate of drug-likeness (QED) is 0.694. The van der Waals surface area contributed by atoms with Gasteiger partial charge in [-0.1, -0.05) is 35.9 Å². The summed E-state index contributed by atoms with van der Waals surface area (Å²) in [6.07, 6.45) is 0.607. The van der Waals surface area contributed by atoms with Gasteiger partial charge in [-0.15, -0.1) is 0 Å². The Balaban J connectivity index is 1.73. The van der Waals surface area contributed by atoms with Crippen LogP contribution in [0, 0.1) is 6.92 Å². The van der Waals surface area contributed by atoms with Gasteiger partial charge in [-0.25, -0.2) is 13.1 Å². The van der Waals surface area contributed by atoms with Crippen LogP contribution in [0.5, 0.6) is 0 Å². The number of aryl methyl sites for hydroxylation is 1. The molecular formula is C17H17BrN2O2S. The highest BCUT2D eigenvalue weighted by Gasteiger charge is 2.14. The van der Waals surface area contributed by atoms with Crippen LogP contribution >= 0.6 is 15.9 Å². The zero-order valence-electron chi connectivity index (χ0n) is 12.6. The number of rotatable bonds is 5. The molecule has 0 aliphatic heterocycles. The summed E-state index contributed by atoms with van der Waals surface area (Å²) < 4.78 is 28.1. The van der Waals surface area contributed by atoms with Gasteiger partial charge in [0.15, 0.2) is 0 Å². The molecule has 23 heavy (non-hydrogen) atoms. The molecule has 120 valence electrons. The normalized spacial score (nSPS) is 11.9. The molecule has 4 nitrogen and oxygen atoms in total. The third kappa shape index (κ3) is 3.49. The molecule has 0 saturated heterocycles. The van der Waals surface area contributed by atoms with E-state index in [0.29, 0.717) is 17.9 Å². The number of fused-ring (bicyclic) bond motifs is 1. The molecule has 3 aromatic rings. The molecule has 0 atom stereocenters. The summed E-state index contributed by atoms with van der Waals surface area (Å²) >= 11 is 3.51. The average molecular weight is 393 g/mol. The Kier molecular flexibility index (Phi) is 4.57. The standard InChI is InChI=1S/C17H17BrN2O2S/c1-12-6-8-13(9-7-12)23(21,22)19-11-10-15-14-4-2-3-5-16(14)20-17(15)18/h2-9,19-20H,10-11H2,1H3. The predicted octanol–water partition coefficient (Wildman–Crippen LogP) is 3.76. The van der Waals surface area contributed by atoms with Crippen molar-refractivity contribution in [1.82, 2.24) is 9.71 Å². The van der Waals surface area contributed by atoms with E-state index in [1.807, 2.05) is 31.2 Å². The average Bonchev–Trinajstić information content (AvgIpc) is 2.84. The number of aromatic amines is 1. The molecule has 0 radical (unpaired) electrons. The fourth-order valence-electron chi connectivity index (χ4n) is 2.52. The first-order valence-corrected chi connectivity index (χ1v) is 9.56. The van der Waals surface area contributed by atoms with E-state index in [2.05, 4.69) is 25.6 Å². The number of hydrogen-bond donors (Lipinski definition) is 2. The number of nitrogens with one attached hydrogen (secondary N) is 2. The SMILES string of the molecule is Cc1ccc(S(=O)(=O)NCCc2c(Br)[nH]c3ccccc23)cc1. The van der Waals surface area contributed by atoms with Gasteiger partial charge in [0.05, 0.1) is 9.50 Å². The number of H-pyrrole nitrogens is 1. The van der Waals surface area contributed by atoms with Crippen molar-refractivity contribution in [2.45, 2.75) is 18.2 Å². The number of para-hydroxylation sites is 1. The van der Waals surface area contributed by atoms with E-state index in [1.165, 1.54) is 0 Å². The molecule has 0 unspecified atom stereocenters. The van der Waals surface area contributed by atoms with E-state index < -0.39 is 10.0 Å². The van der Waals surface area contributed by atoms with Gasteiger partial charge in [-0.2, -0.15) is 0 Å². The third-order valence-electron chi connectivity index (χ3n) is 3.76. The maximum Gasteiger partial charge on any atom is 0.240 e. The molecule has 2 N–H and O–H groups in total. The van der Waals surface area contributed by atoms with Gasteiger partial charge in [-0.05, 0) is 53.0 Å². The van der Waals surface area contributed by atoms with Crippen LogP contribution < -0.4 is 4.72 Å². The number of hydrogen-bond acceptors (Lipinski definition) is 2. The summed E-state index contributed by atoms with van der Waals surface area (Å²) in [6, 6.07) is 14.8.